The monoisotopic (exact) mass is 738 g/mol. The maximum absolute atomic E-state index is 13.1. The minimum absolute atomic E-state index is 0.0845. The normalized spacial score (nSPS) is 13.9. The molecule has 3 aromatic carbocycles. The average Bonchev–Trinajstić information content (AvgIpc) is 3.20. The molecule has 0 spiro atoms. The van der Waals surface area contributed by atoms with Crippen LogP contribution < -0.4 is 10.1 Å². The van der Waals surface area contributed by atoms with Crippen molar-refractivity contribution in [2.45, 2.75) is 20.0 Å². The quantitative estimate of drug-likeness (QED) is 0.167. The number of ether oxygens (including phenoxy) is 2. The van der Waals surface area contributed by atoms with Gasteiger partial charge in [-0.1, -0.05) is 30.7 Å². The lowest BCUT2D eigenvalue weighted by atomic mass is 10.2. The summed E-state index contributed by atoms with van der Waals surface area (Å²) in [6.07, 6.45) is 2.18. The van der Waals surface area contributed by atoms with E-state index in [9.17, 15) is 23.6 Å². The van der Waals surface area contributed by atoms with Crippen molar-refractivity contribution in [3.8, 4) is 5.75 Å². The summed E-state index contributed by atoms with van der Waals surface area (Å²) in [5.74, 6) is -1.71. The lowest BCUT2D eigenvalue weighted by Gasteiger charge is -2.13. The van der Waals surface area contributed by atoms with Crippen LogP contribution >= 0.6 is 55.2 Å². The van der Waals surface area contributed by atoms with Crippen molar-refractivity contribution in [3.05, 3.63) is 96.0 Å². The van der Waals surface area contributed by atoms with E-state index >= 15 is 0 Å². The smallest absolute Gasteiger partial charge is 0.339 e. The highest BCUT2D eigenvalue weighted by atomic mass is 79.9. The summed E-state index contributed by atoms with van der Waals surface area (Å²) in [5.41, 5.74) is 1.72. The average molecular weight is 741 g/mol. The van der Waals surface area contributed by atoms with Gasteiger partial charge in [-0.2, -0.15) is 0 Å². The molecule has 0 aromatic heterocycles. The maximum atomic E-state index is 13.1. The fourth-order valence-electron chi connectivity index (χ4n) is 3.70. The second kappa shape index (κ2) is 14.3. The number of imide groups is 1. The van der Waals surface area contributed by atoms with Gasteiger partial charge in [-0.15, -0.1) is 0 Å². The Kier molecular flexibility index (Phi) is 10.8. The van der Waals surface area contributed by atoms with Crippen LogP contribution in [0.3, 0.4) is 0 Å². The van der Waals surface area contributed by atoms with Crippen LogP contribution in [0.15, 0.2) is 68.4 Å². The van der Waals surface area contributed by atoms with Gasteiger partial charge in [-0.05, 0) is 110 Å². The third-order valence-corrected chi connectivity index (χ3v) is 8.11. The highest BCUT2D eigenvalue weighted by Crippen LogP contribution is 2.38. The van der Waals surface area contributed by atoms with Crippen LogP contribution in [0.25, 0.3) is 6.08 Å². The largest absolute Gasteiger partial charge is 0.487 e. The molecule has 3 amide bonds. The molecule has 1 saturated heterocycles. The van der Waals surface area contributed by atoms with Crippen molar-refractivity contribution < 1.29 is 33.0 Å². The van der Waals surface area contributed by atoms with Crippen LogP contribution in [0.1, 0.15) is 34.8 Å². The second-order valence-corrected chi connectivity index (χ2v) is 12.0. The molecule has 0 saturated carbocycles. The van der Waals surface area contributed by atoms with Gasteiger partial charge in [-0.25, -0.2) is 9.18 Å². The van der Waals surface area contributed by atoms with E-state index in [0.717, 1.165) is 10.5 Å². The molecule has 0 unspecified atom stereocenters. The zero-order valence-corrected chi connectivity index (χ0v) is 26.7. The summed E-state index contributed by atoms with van der Waals surface area (Å²) in [6.45, 7) is 1.76. The Morgan fingerprint density at radius 1 is 1.07 bits per heavy atom. The number of carbonyl (C=O) groups is 4. The van der Waals surface area contributed by atoms with Crippen molar-refractivity contribution in [2.75, 3.05) is 18.5 Å². The molecule has 0 radical (unpaired) electrons. The van der Waals surface area contributed by atoms with Crippen LogP contribution in [-0.2, 0) is 20.9 Å². The fraction of sp³-hybridized carbons (Fsp3) is 0.172. The highest BCUT2D eigenvalue weighted by molar-refractivity contribution is 9.11. The number of hydrogen-bond acceptors (Lipinski definition) is 7. The van der Waals surface area contributed by atoms with Crippen molar-refractivity contribution >= 4 is 90.0 Å². The van der Waals surface area contributed by atoms with E-state index in [-0.39, 0.29) is 40.2 Å². The molecule has 1 fully saturated rings. The lowest BCUT2D eigenvalue weighted by molar-refractivity contribution is -0.127. The summed E-state index contributed by atoms with van der Waals surface area (Å²) in [5, 5.41) is 2.14. The van der Waals surface area contributed by atoms with Gasteiger partial charge in [0.1, 0.15) is 24.7 Å². The third-order valence-electron chi connectivity index (χ3n) is 5.70. The van der Waals surface area contributed by atoms with Gasteiger partial charge in [0.25, 0.3) is 11.1 Å². The number of benzene rings is 3. The predicted octanol–water partition coefficient (Wildman–Crippen LogP) is 7.82. The van der Waals surface area contributed by atoms with Crippen LogP contribution in [0, 0.1) is 5.82 Å². The molecule has 8 nitrogen and oxygen atoms in total. The van der Waals surface area contributed by atoms with E-state index < -0.39 is 29.6 Å². The van der Waals surface area contributed by atoms with E-state index in [1.807, 2.05) is 6.92 Å². The zero-order valence-electron chi connectivity index (χ0n) is 21.9. The Morgan fingerprint density at radius 2 is 1.76 bits per heavy atom. The Balaban J connectivity index is 1.41. The highest BCUT2D eigenvalue weighted by Gasteiger charge is 2.36. The van der Waals surface area contributed by atoms with Crippen molar-refractivity contribution in [3.63, 3.8) is 0 Å². The standard InChI is InChI=1S/C29H22Br2ClFN2O6S/c1-2-9-40-28(38)20-13-19(7-8-23(20)32)34-25(36)14-35-27(37)24(42-29(35)39)12-17-10-21(30)26(22(31)11-17)41-15-16-3-5-18(33)6-4-16/h3-8,10-13H,2,9,14-15H2,1H3,(H,34,36)/b24-12+. The van der Waals surface area contributed by atoms with Gasteiger partial charge in [-0.3, -0.25) is 19.3 Å². The molecule has 1 aliphatic heterocycles. The van der Waals surface area contributed by atoms with Crippen LogP contribution in [0.5, 0.6) is 5.75 Å². The fourth-order valence-corrected chi connectivity index (χ4v) is 6.18. The molecule has 0 atom stereocenters. The van der Waals surface area contributed by atoms with Crippen LogP contribution in [-0.4, -0.2) is 41.1 Å². The van der Waals surface area contributed by atoms with Crippen molar-refractivity contribution in [1.29, 1.82) is 0 Å². The van der Waals surface area contributed by atoms with E-state index in [1.165, 1.54) is 36.4 Å². The first-order valence-corrected chi connectivity index (χ1v) is 15.2. The molecule has 42 heavy (non-hydrogen) atoms. The third kappa shape index (κ3) is 8.00. The number of hydrogen-bond donors (Lipinski definition) is 1. The molecule has 0 aliphatic carbocycles. The summed E-state index contributed by atoms with van der Waals surface area (Å²) >= 11 is 13.7. The number of halogens is 4. The minimum Gasteiger partial charge on any atom is -0.487 e. The Bertz CT molecular complexity index is 1560. The first-order chi connectivity index (χ1) is 20.0. The van der Waals surface area contributed by atoms with Gasteiger partial charge in [0, 0.05) is 5.69 Å². The Labute approximate surface area is 266 Å². The molecule has 1 heterocycles. The SMILES string of the molecule is CCCOC(=O)c1cc(NC(=O)CN2C(=O)S/C(=C/c3cc(Br)c(OCc4ccc(F)cc4)c(Br)c3)C2=O)ccc1Cl. The minimum atomic E-state index is -0.637. The molecule has 1 N–H and O–H groups in total. The zero-order chi connectivity index (χ0) is 30.4. The Morgan fingerprint density at radius 3 is 2.43 bits per heavy atom. The lowest BCUT2D eigenvalue weighted by Crippen LogP contribution is -2.36. The molecular weight excluding hydrogens is 719 g/mol. The molecule has 13 heteroatoms. The van der Waals surface area contributed by atoms with Crippen LogP contribution in [0.4, 0.5) is 14.9 Å². The molecule has 4 rings (SSSR count). The molecule has 3 aromatic rings. The summed E-state index contributed by atoms with van der Waals surface area (Å²) < 4.78 is 25.3. The predicted molar refractivity (Wildman–Crippen MR) is 166 cm³/mol. The van der Waals surface area contributed by atoms with Crippen molar-refractivity contribution in [1.82, 2.24) is 4.90 Å². The Hall–Kier alpha value is -3.19. The van der Waals surface area contributed by atoms with Crippen LogP contribution in [0.2, 0.25) is 5.02 Å². The molecule has 218 valence electrons. The van der Waals surface area contributed by atoms with Gasteiger partial charge >= 0.3 is 5.97 Å². The number of carbonyl (C=O) groups excluding carboxylic acids is 4. The molecule has 1 aliphatic rings. The summed E-state index contributed by atoms with van der Waals surface area (Å²) in [4.78, 5) is 51.5. The number of thioether (sulfide) groups is 1. The van der Waals surface area contributed by atoms with E-state index in [2.05, 4.69) is 37.2 Å². The second-order valence-electron chi connectivity index (χ2n) is 8.88. The number of rotatable bonds is 10. The van der Waals surface area contributed by atoms with Crippen molar-refractivity contribution in [2.24, 2.45) is 0 Å². The summed E-state index contributed by atoms with van der Waals surface area (Å²) in [6, 6.07) is 13.7. The molecular formula is C29H22Br2ClFN2O6S. The molecule has 0 bridgehead atoms. The van der Waals surface area contributed by atoms with Gasteiger partial charge in [0.2, 0.25) is 5.91 Å². The van der Waals surface area contributed by atoms with Gasteiger partial charge in [0.05, 0.1) is 31.0 Å². The number of nitrogens with one attached hydrogen (secondary N) is 1. The first kappa shape index (κ1) is 31.7. The van der Waals surface area contributed by atoms with E-state index in [0.29, 0.717) is 38.4 Å². The number of amides is 3. The van der Waals surface area contributed by atoms with Gasteiger partial charge in [0.15, 0.2) is 0 Å². The van der Waals surface area contributed by atoms with Gasteiger partial charge < -0.3 is 14.8 Å². The number of anilines is 1. The first-order valence-electron chi connectivity index (χ1n) is 12.4. The van der Waals surface area contributed by atoms with E-state index in [1.54, 1.807) is 24.3 Å². The topological polar surface area (TPSA) is 102 Å². The van der Waals surface area contributed by atoms with E-state index in [4.69, 9.17) is 21.1 Å². The summed E-state index contributed by atoms with van der Waals surface area (Å²) in [7, 11) is 0. The maximum Gasteiger partial charge on any atom is 0.339 e. The number of esters is 1. The number of nitrogens with zero attached hydrogens (tertiary/aromatic N) is 1.